The molecule has 0 bridgehead atoms. The van der Waals surface area contributed by atoms with Crippen molar-refractivity contribution >= 4 is 5.91 Å². The molecule has 1 atom stereocenters. The summed E-state index contributed by atoms with van der Waals surface area (Å²) in [5, 5.41) is 2.60. The van der Waals surface area contributed by atoms with E-state index in [9.17, 15) is 4.79 Å². The lowest BCUT2D eigenvalue weighted by molar-refractivity contribution is -0.118. The Bertz CT molecular complexity index is 294. The zero-order chi connectivity index (χ0) is 10.8. The molecule has 0 aromatic carbocycles. The lowest BCUT2D eigenvalue weighted by Crippen LogP contribution is -2.58. The fourth-order valence-corrected chi connectivity index (χ4v) is 1.32. The third kappa shape index (κ3) is 2.41. The quantitative estimate of drug-likeness (QED) is 0.506. The van der Waals surface area contributed by atoms with Crippen LogP contribution in [0.15, 0.2) is 23.9 Å². The van der Waals surface area contributed by atoms with Crippen molar-refractivity contribution in [1.82, 2.24) is 5.32 Å². The highest BCUT2D eigenvalue weighted by Crippen LogP contribution is 2.15. The molecule has 0 saturated heterocycles. The molecule has 0 saturated carbocycles. The standard InChI is InChI=1S/C9H15N3O2/c1-6(13)12-7-3-4-8(14-2)9(10,11)5-7/h3-5,8H,10-11H2,1-2H3,(H,12,13). The molecule has 0 radical (unpaired) electrons. The minimum Gasteiger partial charge on any atom is -0.374 e. The molecule has 0 aromatic heterocycles. The van der Waals surface area contributed by atoms with E-state index >= 15 is 0 Å². The molecular formula is C9H15N3O2. The number of ether oxygens (including phenoxy) is 1. The summed E-state index contributed by atoms with van der Waals surface area (Å²) in [6, 6.07) is 0. The van der Waals surface area contributed by atoms with Gasteiger partial charge in [0.05, 0.1) is 0 Å². The molecule has 14 heavy (non-hydrogen) atoms. The Labute approximate surface area is 82.8 Å². The summed E-state index contributed by atoms with van der Waals surface area (Å²) in [5.41, 5.74) is 11.1. The molecule has 78 valence electrons. The van der Waals surface area contributed by atoms with Gasteiger partial charge in [-0.2, -0.15) is 0 Å². The Morgan fingerprint density at radius 3 is 2.71 bits per heavy atom. The molecule has 1 aliphatic rings. The van der Waals surface area contributed by atoms with Crippen LogP contribution in [0.5, 0.6) is 0 Å². The number of nitrogens with one attached hydrogen (secondary N) is 1. The molecule has 0 aromatic rings. The Kier molecular flexibility index (Phi) is 3.05. The summed E-state index contributed by atoms with van der Waals surface area (Å²) in [6.45, 7) is 1.42. The van der Waals surface area contributed by atoms with Gasteiger partial charge in [-0.3, -0.25) is 4.79 Å². The lowest BCUT2D eigenvalue weighted by atomic mass is 9.98. The van der Waals surface area contributed by atoms with Crippen LogP contribution in [0.4, 0.5) is 0 Å². The fourth-order valence-electron chi connectivity index (χ4n) is 1.32. The maximum absolute atomic E-state index is 10.8. The number of carbonyl (C=O) groups is 1. The molecule has 0 aliphatic heterocycles. The van der Waals surface area contributed by atoms with E-state index in [1.165, 1.54) is 14.0 Å². The SMILES string of the molecule is COC1C=CC(NC(C)=O)=CC1(N)N. The van der Waals surface area contributed by atoms with Gasteiger partial charge in [-0.1, -0.05) is 6.08 Å². The number of hydrogen-bond donors (Lipinski definition) is 3. The Balaban J connectivity index is 2.80. The van der Waals surface area contributed by atoms with Gasteiger partial charge in [0.25, 0.3) is 0 Å². The van der Waals surface area contributed by atoms with Crippen LogP contribution in [-0.2, 0) is 9.53 Å². The van der Waals surface area contributed by atoms with Crippen LogP contribution in [0.25, 0.3) is 0 Å². The largest absolute Gasteiger partial charge is 0.374 e. The van der Waals surface area contributed by atoms with E-state index in [0.29, 0.717) is 5.70 Å². The van der Waals surface area contributed by atoms with Crippen molar-refractivity contribution < 1.29 is 9.53 Å². The van der Waals surface area contributed by atoms with E-state index in [-0.39, 0.29) is 12.0 Å². The van der Waals surface area contributed by atoms with Crippen molar-refractivity contribution in [2.45, 2.75) is 18.7 Å². The second-order valence-corrected chi connectivity index (χ2v) is 3.30. The van der Waals surface area contributed by atoms with Crippen molar-refractivity contribution in [2.24, 2.45) is 11.5 Å². The maximum atomic E-state index is 10.8. The summed E-state index contributed by atoms with van der Waals surface area (Å²) < 4.78 is 5.07. The summed E-state index contributed by atoms with van der Waals surface area (Å²) >= 11 is 0. The maximum Gasteiger partial charge on any atom is 0.221 e. The van der Waals surface area contributed by atoms with Crippen molar-refractivity contribution in [1.29, 1.82) is 0 Å². The van der Waals surface area contributed by atoms with E-state index in [4.69, 9.17) is 16.2 Å². The fraction of sp³-hybridized carbons (Fsp3) is 0.444. The zero-order valence-electron chi connectivity index (χ0n) is 8.28. The number of hydrogen-bond acceptors (Lipinski definition) is 4. The van der Waals surface area contributed by atoms with E-state index in [1.54, 1.807) is 18.2 Å². The minimum absolute atomic E-state index is 0.160. The van der Waals surface area contributed by atoms with Crippen LogP contribution in [-0.4, -0.2) is 24.8 Å². The van der Waals surface area contributed by atoms with Crippen LogP contribution in [0.2, 0.25) is 0 Å². The molecule has 1 rings (SSSR count). The lowest BCUT2D eigenvalue weighted by Gasteiger charge is -2.31. The topological polar surface area (TPSA) is 90.4 Å². The molecule has 5 N–H and O–H groups in total. The summed E-state index contributed by atoms with van der Waals surface area (Å²) in [7, 11) is 1.53. The summed E-state index contributed by atoms with van der Waals surface area (Å²) in [4.78, 5) is 10.8. The first kappa shape index (κ1) is 10.9. The van der Waals surface area contributed by atoms with Gasteiger partial charge >= 0.3 is 0 Å². The Morgan fingerprint density at radius 2 is 2.29 bits per heavy atom. The predicted molar refractivity (Wildman–Crippen MR) is 52.9 cm³/mol. The van der Waals surface area contributed by atoms with Crippen molar-refractivity contribution in [3.63, 3.8) is 0 Å². The first-order chi connectivity index (χ1) is 6.45. The first-order valence-corrected chi connectivity index (χ1v) is 4.25. The van der Waals surface area contributed by atoms with E-state index in [1.807, 2.05) is 0 Å². The first-order valence-electron chi connectivity index (χ1n) is 4.25. The van der Waals surface area contributed by atoms with Crippen LogP contribution in [0, 0.1) is 0 Å². The van der Waals surface area contributed by atoms with Gasteiger partial charge in [0, 0.05) is 19.7 Å². The van der Waals surface area contributed by atoms with Crippen LogP contribution < -0.4 is 16.8 Å². The highest BCUT2D eigenvalue weighted by molar-refractivity contribution is 5.75. The smallest absolute Gasteiger partial charge is 0.221 e. The number of rotatable bonds is 2. The van der Waals surface area contributed by atoms with Crippen molar-refractivity contribution in [2.75, 3.05) is 7.11 Å². The number of amides is 1. The number of nitrogens with two attached hydrogens (primary N) is 2. The third-order valence-corrected chi connectivity index (χ3v) is 1.92. The van der Waals surface area contributed by atoms with Crippen LogP contribution in [0.1, 0.15) is 6.92 Å². The highest BCUT2D eigenvalue weighted by Gasteiger charge is 2.29. The summed E-state index contributed by atoms with van der Waals surface area (Å²) in [6.07, 6.45) is 4.63. The molecule has 0 heterocycles. The molecule has 1 amide bonds. The minimum atomic E-state index is -1.08. The average Bonchev–Trinajstić information content (AvgIpc) is 2.01. The normalized spacial score (nSPS) is 24.3. The van der Waals surface area contributed by atoms with Crippen LogP contribution >= 0.6 is 0 Å². The Hall–Kier alpha value is -1.17. The van der Waals surface area contributed by atoms with Crippen molar-refractivity contribution in [3.8, 4) is 0 Å². The second kappa shape index (κ2) is 3.91. The van der Waals surface area contributed by atoms with Gasteiger partial charge in [-0.25, -0.2) is 0 Å². The molecule has 1 unspecified atom stereocenters. The molecule has 5 heteroatoms. The van der Waals surface area contributed by atoms with Crippen LogP contribution in [0.3, 0.4) is 0 Å². The highest BCUT2D eigenvalue weighted by atomic mass is 16.5. The molecule has 1 aliphatic carbocycles. The summed E-state index contributed by atoms with van der Waals surface area (Å²) in [5.74, 6) is -0.160. The molecule has 0 spiro atoms. The zero-order valence-corrected chi connectivity index (χ0v) is 8.28. The van der Waals surface area contributed by atoms with E-state index in [0.717, 1.165) is 0 Å². The monoisotopic (exact) mass is 197 g/mol. The number of carbonyl (C=O) groups excluding carboxylic acids is 1. The van der Waals surface area contributed by atoms with Gasteiger partial charge in [-0.05, 0) is 12.2 Å². The Morgan fingerprint density at radius 1 is 1.64 bits per heavy atom. The average molecular weight is 197 g/mol. The molecular weight excluding hydrogens is 182 g/mol. The number of allylic oxidation sites excluding steroid dienone is 1. The van der Waals surface area contributed by atoms with E-state index < -0.39 is 5.66 Å². The van der Waals surface area contributed by atoms with Gasteiger partial charge in [0.2, 0.25) is 5.91 Å². The van der Waals surface area contributed by atoms with Gasteiger partial charge in [0.15, 0.2) is 0 Å². The third-order valence-electron chi connectivity index (χ3n) is 1.92. The van der Waals surface area contributed by atoms with Gasteiger partial charge < -0.3 is 21.5 Å². The predicted octanol–water partition coefficient (Wildman–Crippen LogP) is -0.795. The second-order valence-electron chi connectivity index (χ2n) is 3.30. The molecule has 0 fully saturated rings. The van der Waals surface area contributed by atoms with Gasteiger partial charge in [0.1, 0.15) is 11.8 Å². The van der Waals surface area contributed by atoms with Crippen molar-refractivity contribution in [3.05, 3.63) is 23.9 Å². The van der Waals surface area contributed by atoms with E-state index in [2.05, 4.69) is 5.32 Å². The van der Waals surface area contributed by atoms with Gasteiger partial charge in [-0.15, -0.1) is 0 Å². The molecule has 5 nitrogen and oxygen atoms in total. The number of methoxy groups -OCH3 is 1.